The van der Waals surface area contributed by atoms with Crippen LogP contribution < -0.4 is 9.44 Å². The van der Waals surface area contributed by atoms with Gasteiger partial charge in [0.25, 0.3) is 31.9 Å². The van der Waals surface area contributed by atoms with Gasteiger partial charge in [-0.3, -0.25) is 9.59 Å². The minimum Gasteiger partial charge on any atom is -0.268 e. The minimum absolute atomic E-state index is 0.00925. The average Bonchev–Trinajstić information content (AvgIpc) is 2.89. The number of carbonyl (C=O) groups is 2. The van der Waals surface area contributed by atoms with Gasteiger partial charge in [-0.2, -0.15) is 0 Å². The number of nitrogens with one attached hydrogen (secondary N) is 2. The summed E-state index contributed by atoms with van der Waals surface area (Å²) in [6.45, 7) is 3.66. The van der Waals surface area contributed by atoms with Crippen LogP contribution in [0, 0.1) is 13.8 Å². The van der Waals surface area contributed by atoms with Crippen molar-refractivity contribution in [3.8, 4) is 0 Å². The summed E-state index contributed by atoms with van der Waals surface area (Å²) in [5.41, 5.74) is 2.33. The highest BCUT2D eigenvalue weighted by Crippen LogP contribution is 2.16. The van der Waals surface area contributed by atoms with Crippen molar-refractivity contribution in [3.05, 3.63) is 129 Å². The summed E-state index contributed by atoms with van der Waals surface area (Å²) in [5.74, 6) is -1.32. The molecule has 0 aliphatic rings. The third-order valence-electron chi connectivity index (χ3n) is 5.36. The predicted octanol–water partition coefficient (Wildman–Crippen LogP) is 5.53. The van der Waals surface area contributed by atoms with Crippen molar-refractivity contribution in [3.63, 3.8) is 0 Å². The maximum absolute atomic E-state index is 12.1. The summed E-state index contributed by atoms with van der Waals surface area (Å²) in [6.07, 6.45) is 0. The maximum Gasteiger partial charge on any atom is 0.265 e. The first kappa shape index (κ1) is 30.8. The van der Waals surface area contributed by atoms with Gasteiger partial charge < -0.3 is 0 Å². The lowest BCUT2D eigenvalue weighted by molar-refractivity contribution is 0.0972. The van der Waals surface area contributed by atoms with Gasteiger partial charge in [0, 0.05) is 21.2 Å². The van der Waals surface area contributed by atoms with E-state index in [1.165, 1.54) is 60.7 Å². The van der Waals surface area contributed by atoms with E-state index in [0.717, 1.165) is 11.1 Å². The quantitative estimate of drug-likeness (QED) is 0.292. The van der Waals surface area contributed by atoms with E-state index < -0.39 is 31.9 Å². The fourth-order valence-corrected chi connectivity index (χ4v) is 5.55. The van der Waals surface area contributed by atoms with Gasteiger partial charge in [0.15, 0.2) is 0 Å². The van der Waals surface area contributed by atoms with E-state index in [4.69, 9.17) is 23.2 Å². The second-order valence-electron chi connectivity index (χ2n) is 8.46. The summed E-state index contributed by atoms with van der Waals surface area (Å²) in [7, 11) is -7.79. The summed E-state index contributed by atoms with van der Waals surface area (Å²) < 4.78 is 52.2. The molecule has 2 N–H and O–H groups in total. The zero-order valence-corrected chi connectivity index (χ0v) is 24.4. The van der Waals surface area contributed by atoms with Gasteiger partial charge in [0.2, 0.25) is 0 Å². The van der Waals surface area contributed by atoms with Crippen LogP contribution in [0.25, 0.3) is 0 Å². The molecule has 0 unspecified atom stereocenters. The Kier molecular flexibility index (Phi) is 10.1. The van der Waals surface area contributed by atoms with Gasteiger partial charge in [-0.05, 0) is 86.1 Å². The molecule has 8 nitrogen and oxygen atoms in total. The lowest BCUT2D eigenvalue weighted by atomic mass is 10.1. The molecular weight excluding hydrogens is 595 g/mol. The minimum atomic E-state index is -3.91. The molecule has 0 saturated carbocycles. The van der Waals surface area contributed by atoms with Crippen LogP contribution in [0.4, 0.5) is 0 Å². The third-order valence-corrected chi connectivity index (χ3v) is 8.56. The monoisotopic (exact) mass is 618 g/mol. The Labute approximate surface area is 243 Å². The number of hydrogen-bond acceptors (Lipinski definition) is 6. The molecule has 4 rings (SSSR count). The molecule has 0 saturated heterocycles. The third kappa shape index (κ3) is 8.40. The van der Waals surface area contributed by atoms with Crippen LogP contribution in [0.3, 0.4) is 0 Å². The van der Waals surface area contributed by atoms with Crippen molar-refractivity contribution in [1.82, 2.24) is 9.44 Å². The second kappa shape index (κ2) is 13.1. The number of rotatable bonds is 6. The van der Waals surface area contributed by atoms with Crippen LogP contribution in [0.15, 0.2) is 107 Å². The van der Waals surface area contributed by atoms with E-state index in [1.807, 2.05) is 17.7 Å². The molecule has 208 valence electrons. The number of aryl methyl sites for hydroxylation is 2. The Morgan fingerprint density at radius 3 is 1.50 bits per heavy atom. The van der Waals surface area contributed by atoms with E-state index in [9.17, 15) is 26.4 Å². The molecule has 0 aliphatic heterocycles. The Morgan fingerprint density at radius 2 is 1.05 bits per heavy atom. The average molecular weight is 620 g/mol. The molecule has 0 atom stereocenters. The molecule has 4 aromatic rings. The van der Waals surface area contributed by atoms with Crippen molar-refractivity contribution in [2.24, 2.45) is 0 Å². The summed E-state index contributed by atoms with van der Waals surface area (Å²) in [6, 6.07) is 24.5. The smallest absolute Gasteiger partial charge is 0.265 e. The van der Waals surface area contributed by atoms with E-state index in [1.54, 1.807) is 37.3 Å². The highest BCUT2D eigenvalue weighted by Gasteiger charge is 2.20. The highest BCUT2D eigenvalue weighted by atomic mass is 35.5. The van der Waals surface area contributed by atoms with E-state index in [-0.39, 0.29) is 15.4 Å². The van der Waals surface area contributed by atoms with Gasteiger partial charge in [-0.15, -0.1) is 0 Å². The molecule has 0 fully saturated rings. The van der Waals surface area contributed by atoms with Crippen molar-refractivity contribution in [2.45, 2.75) is 23.6 Å². The van der Waals surface area contributed by atoms with Crippen molar-refractivity contribution in [2.75, 3.05) is 0 Å². The lowest BCUT2D eigenvalue weighted by Crippen LogP contribution is -2.31. The molecule has 0 spiro atoms. The SMILES string of the molecule is Cc1ccc(C(=O)NS(=O)(=O)c2ccc(Cl)cc2)c(C)c1.O=C(NS(=O)(=O)c1ccc(Cl)cc1)c1ccccc1. The number of hydrogen-bond donors (Lipinski definition) is 2. The first-order valence-corrected chi connectivity index (χ1v) is 15.3. The molecule has 0 bridgehead atoms. The van der Waals surface area contributed by atoms with Crippen LogP contribution in [0.5, 0.6) is 0 Å². The Morgan fingerprint density at radius 1 is 0.600 bits per heavy atom. The van der Waals surface area contributed by atoms with Gasteiger partial charge in [-0.25, -0.2) is 26.3 Å². The molecule has 2 amide bonds. The van der Waals surface area contributed by atoms with Crippen LogP contribution in [-0.2, 0) is 20.0 Å². The largest absolute Gasteiger partial charge is 0.268 e. The number of halogens is 2. The van der Waals surface area contributed by atoms with E-state index >= 15 is 0 Å². The zero-order chi connectivity index (χ0) is 29.5. The Balaban J connectivity index is 0.000000222. The molecule has 0 aromatic heterocycles. The number of amides is 2. The topological polar surface area (TPSA) is 126 Å². The van der Waals surface area contributed by atoms with Gasteiger partial charge in [-0.1, -0.05) is 59.1 Å². The molecule has 0 radical (unpaired) electrons. The number of benzene rings is 4. The summed E-state index contributed by atoms with van der Waals surface area (Å²) >= 11 is 11.4. The highest BCUT2D eigenvalue weighted by molar-refractivity contribution is 7.90. The van der Waals surface area contributed by atoms with Crippen molar-refractivity contribution < 1.29 is 26.4 Å². The normalized spacial score (nSPS) is 11.1. The molecule has 0 heterocycles. The predicted molar refractivity (Wildman–Crippen MR) is 155 cm³/mol. The molecule has 4 aromatic carbocycles. The second-order valence-corrected chi connectivity index (χ2v) is 12.7. The number of sulfonamides is 2. The van der Waals surface area contributed by atoms with Crippen LogP contribution in [0.2, 0.25) is 10.0 Å². The Hall–Kier alpha value is -3.70. The summed E-state index contributed by atoms with van der Waals surface area (Å²) in [4.78, 5) is 23.9. The van der Waals surface area contributed by atoms with E-state index in [0.29, 0.717) is 15.6 Å². The van der Waals surface area contributed by atoms with Crippen molar-refractivity contribution in [1.29, 1.82) is 0 Å². The van der Waals surface area contributed by atoms with Crippen LogP contribution in [0.1, 0.15) is 31.8 Å². The molecular formula is C28H24Cl2N2O6S2. The fraction of sp³-hybridized carbons (Fsp3) is 0.0714. The zero-order valence-electron chi connectivity index (χ0n) is 21.3. The summed E-state index contributed by atoms with van der Waals surface area (Å²) in [5, 5.41) is 0.850. The van der Waals surface area contributed by atoms with Crippen molar-refractivity contribution >= 4 is 55.1 Å². The fourth-order valence-electron chi connectivity index (χ4n) is 3.36. The standard InChI is InChI=1S/C15H14ClNO3S.C13H10ClNO3S/c1-10-3-8-14(11(2)9-10)15(18)17-21(19,20)13-6-4-12(16)5-7-13;14-11-6-8-12(9-7-11)19(17,18)15-13(16)10-4-2-1-3-5-10/h3-9H,1-2H3,(H,17,18);1-9H,(H,15,16). The van der Waals surface area contributed by atoms with E-state index in [2.05, 4.69) is 4.72 Å². The Bertz CT molecular complexity index is 1730. The van der Waals surface area contributed by atoms with Gasteiger partial charge in [0.1, 0.15) is 0 Å². The first-order chi connectivity index (χ1) is 18.8. The van der Waals surface area contributed by atoms with Crippen LogP contribution in [-0.4, -0.2) is 28.6 Å². The molecule has 40 heavy (non-hydrogen) atoms. The lowest BCUT2D eigenvalue weighted by Gasteiger charge is -2.09. The van der Waals surface area contributed by atoms with Crippen LogP contribution >= 0.6 is 23.2 Å². The van der Waals surface area contributed by atoms with Gasteiger partial charge in [0.05, 0.1) is 9.79 Å². The molecule has 0 aliphatic carbocycles. The maximum atomic E-state index is 12.1. The molecule has 12 heteroatoms. The first-order valence-electron chi connectivity index (χ1n) is 11.6. The number of carbonyl (C=O) groups excluding carboxylic acids is 2. The van der Waals surface area contributed by atoms with Gasteiger partial charge >= 0.3 is 0 Å².